The molecule has 1 heteroatoms. The number of hydrogen-bond donors (Lipinski definition) is 1. The predicted octanol–water partition coefficient (Wildman–Crippen LogP) is 2.67. The van der Waals surface area contributed by atoms with Crippen molar-refractivity contribution in [3.63, 3.8) is 0 Å². The highest BCUT2D eigenvalue weighted by atomic mass is 15.0. The fraction of sp³-hybridized carbons (Fsp3) is 1.00. The number of rotatable bonds is 4. The lowest BCUT2D eigenvalue weighted by atomic mass is 9.93. The summed E-state index contributed by atoms with van der Waals surface area (Å²) < 4.78 is 0. The zero-order chi connectivity index (χ0) is 9.30. The molecule has 1 fully saturated rings. The van der Waals surface area contributed by atoms with Gasteiger partial charge in [-0.1, -0.05) is 34.6 Å². The van der Waals surface area contributed by atoms with Crippen LogP contribution in [0.5, 0.6) is 0 Å². The molecule has 0 amide bonds. The van der Waals surface area contributed by atoms with Crippen LogP contribution in [0.4, 0.5) is 0 Å². The Hall–Kier alpha value is -0.0400. The molecule has 1 N–H and O–H groups in total. The normalized spacial score (nSPS) is 29.0. The van der Waals surface area contributed by atoms with Crippen molar-refractivity contribution in [3.05, 3.63) is 0 Å². The van der Waals surface area contributed by atoms with Crippen LogP contribution in [0.1, 0.15) is 41.0 Å². The smallest absolute Gasteiger partial charge is 0.0116 e. The van der Waals surface area contributed by atoms with Crippen LogP contribution in [-0.2, 0) is 0 Å². The largest absolute Gasteiger partial charge is 0.310 e. The summed E-state index contributed by atoms with van der Waals surface area (Å²) >= 11 is 0. The fourth-order valence-corrected chi connectivity index (χ4v) is 1.96. The van der Waals surface area contributed by atoms with Gasteiger partial charge in [0, 0.05) is 12.1 Å². The van der Waals surface area contributed by atoms with Crippen molar-refractivity contribution in [1.29, 1.82) is 0 Å². The molecule has 0 aromatic carbocycles. The third-order valence-corrected chi connectivity index (χ3v) is 2.95. The van der Waals surface area contributed by atoms with Crippen LogP contribution in [0.3, 0.4) is 0 Å². The number of hydrogen-bond acceptors (Lipinski definition) is 1. The van der Waals surface area contributed by atoms with Gasteiger partial charge in [0.15, 0.2) is 0 Å². The predicted molar refractivity (Wildman–Crippen MR) is 54.2 cm³/mol. The van der Waals surface area contributed by atoms with E-state index in [1.807, 2.05) is 0 Å². The monoisotopic (exact) mass is 169 g/mol. The van der Waals surface area contributed by atoms with Gasteiger partial charge in [-0.3, -0.25) is 0 Å². The van der Waals surface area contributed by atoms with E-state index in [2.05, 4.69) is 39.9 Å². The molecule has 0 radical (unpaired) electrons. The summed E-state index contributed by atoms with van der Waals surface area (Å²) in [6, 6.07) is 1.53. The first kappa shape index (κ1) is 10.0. The van der Waals surface area contributed by atoms with Gasteiger partial charge in [-0.2, -0.15) is 0 Å². The van der Waals surface area contributed by atoms with Gasteiger partial charge in [0.2, 0.25) is 0 Å². The van der Waals surface area contributed by atoms with E-state index >= 15 is 0 Å². The Morgan fingerprint density at radius 1 is 1.08 bits per heavy atom. The minimum Gasteiger partial charge on any atom is -0.310 e. The van der Waals surface area contributed by atoms with Crippen molar-refractivity contribution in [2.24, 2.45) is 17.8 Å². The highest BCUT2D eigenvalue weighted by Gasteiger charge is 2.35. The molecule has 1 aliphatic rings. The molecule has 0 aromatic heterocycles. The van der Waals surface area contributed by atoms with E-state index in [4.69, 9.17) is 0 Å². The molecule has 12 heavy (non-hydrogen) atoms. The third kappa shape index (κ3) is 2.48. The van der Waals surface area contributed by atoms with Gasteiger partial charge < -0.3 is 5.32 Å². The maximum absolute atomic E-state index is 3.74. The summed E-state index contributed by atoms with van der Waals surface area (Å²) in [5.74, 6) is 2.44. The van der Waals surface area contributed by atoms with Crippen molar-refractivity contribution < 1.29 is 0 Å². The molecular formula is C11H23N. The lowest BCUT2D eigenvalue weighted by Crippen LogP contribution is -2.40. The highest BCUT2D eigenvalue weighted by molar-refractivity contribution is 4.93. The van der Waals surface area contributed by atoms with Crippen molar-refractivity contribution in [2.45, 2.75) is 53.1 Å². The fourth-order valence-electron chi connectivity index (χ4n) is 1.96. The Labute approximate surface area is 76.9 Å². The molecule has 0 aromatic rings. The van der Waals surface area contributed by atoms with E-state index in [0.29, 0.717) is 6.04 Å². The molecule has 2 atom stereocenters. The van der Waals surface area contributed by atoms with Crippen LogP contribution in [0, 0.1) is 17.8 Å². The van der Waals surface area contributed by atoms with Crippen molar-refractivity contribution >= 4 is 0 Å². The van der Waals surface area contributed by atoms with E-state index in [1.54, 1.807) is 0 Å². The molecule has 2 unspecified atom stereocenters. The van der Waals surface area contributed by atoms with E-state index in [9.17, 15) is 0 Å². The standard InChI is InChI=1S/C11H23N/c1-7(2)11(8(3)4)12-10-6-9(10)5/h7-12H,6H2,1-5H3. The molecule has 1 aliphatic carbocycles. The van der Waals surface area contributed by atoms with Crippen LogP contribution in [0.2, 0.25) is 0 Å². The molecular weight excluding hydrogens is 146 g/mol. The van der Waals surface area contributed by atoms with Gasteiger partial charge in [0.1, 0.15) is 0 Å². The second kappa shape index (κ2) is 3.78. The molecule has 1 saturated carbocycles. The lowest BCUT2D eigenvalue weighted by molar-refractivity contribution is 0.308. The lowest BCUT2D eigenvalue weighted by Gasteiger charge is -2.26. The average molecular weight is 169 g/mol. The Morgan fingerprint density at radius 3 is 1.75 bits per heavy atom. The second-order valence-corrected chi connectivity index (χ2v) is 5.00. The van der Waals surface area contributed by atoms with Gasteiger partial charge >= 0.3 is 0 Å². The summed E-state index contributed by atoms with van der Waals surface area (Å²) in [4.78, 5) is 0. The van der Waals surface area contributed by atoms with Gasteiger partial charge in [-0.15, -0.1) is 0 Å². The van der Waals surface area contributed by atoms with Gasteiger partial charge in [-0.25, -0.2) is 0 Å². The molecule has 0 heterocycles. The minimum absolute atomic E-state index is 0.708. The maximum atomic E-state index is 3.74. The molecule has 0 aliphatic heterocycles. The van der Waals surface area contributed by atoms with Gasteiger partial charge in [0.25, 0.3) is 0 Å². The first-order valence-electron chi connectivity index (χ1n) is 5.28. The van der Waals surface area contributed by atoms with E-state index in [0.717, 1.165) is 23.8 Å². The maximum Gasteiger partial charge on any atom is 0.0116 e. The molecule has 1 rings (SSSR count). The van der Waals surface area contributed by atoms with Gasteiger partial charge in [-0.05, 0) is 24.2 Å². The molecule has 0 spiro atoms. The Morgan fingerprint density at radius 2 is 1.50 bits per heavy atom. The molecule has 72 valence electrons. The SMILES string of the molecule is CC(C)C(NC1CC1C)C(C)C. The minimum atomic E-state index is 0.708. The Balaban J connectivity index is 2.33. The topological polar surface area (TPSA) is 12.0 Å². The van der Waals surface area contributed by atoms with Crippen LogP contribution in [0.25, 0.3) is 0 Å². The van der Waals surface area contributed by atoms with Crippen molar-refractivity contribution in [2.75, 3.05) is 0 Å². The van der Waals surface area contributed by atoms with Gasteiger partial charge in [0.05, 0.1) is 0 Å². The Bertz CT molecular complexity index is 132. The molecule has 0 bridgehead atoms. The third-order valence-electron chi connectivity index (χ3n) is 2.95. The zero-order valence-corrected chi connectivity index (χ0v) is 9.09. The Kier molecular flexibility index (Phi) is 3.16. The summed E-state index contributed by atoms with van der Waals surface area (Å²) in [7, 11) is 0. The van der Waals surface area contributed by atoms with Crippen LogP contribution in [0.15, 0.2) is 0 Å². The summed E-state index contributed by atoms with van der Waals surface area (Å²) in [6.07, 6.45) is 1.38. The van der Waals surface area contributed by atoms with Crippen LogP contribution >= 0.6 is 0 Å². The first-order chi connectivity index (χ1) is 5.52. The summed E-state index contributed by atoms with van der Waals surface area (Å²) in [6.45, 7) is 11.6. The van der Waals surface area contributed by atoms with E-state index < -0.39 is 0 Å². The second-order valence-electron chi connectivity index (χ2n) is 5.00. The van der Waals surface area contributed by atoms with E-state index in [1.165, 1.54) is 6.42 Å². The van der Waals surface area contributed by atoms with Crippen molar-refractivity contribution in [1.82, 2.24) is 5.32 Å². The first-order valence-corrected chi connectivity index (χ1v) is 5.28. The molecule has 0 saturated heterocycles. The quantitative estimate of drug-likeness (QED) is 0.682. The van der Waals surface area contributed by atoms with Crippen LogP contribution < -0.4 is 5.32 Å². The van der Waals surface area contributed by atoms with Crippen LogP contribution in [-0.4, -0.2) is 12.1 Å². The van der Waals surface area contributed by atoms with Crippen molar-refractivity contribution in [3.8, 4) is 0 Å². The summed E-state index contributed by atoms with van der Waals surface area (Å²) in [5, 5.41) is 3.74. The van der Waals surface area contributed by atoms with E-state index in [-0.39, 0.29) is 0 Å². The molecule has 1 nitrogen and oxygen atoms in total. The zero-order valence-electron chi connectivity index (χ0n) is 9.09. The summed E-state index contributed by atoms with van der Waals surface area (Å²) in [5.41, 5.74) is 0. The highest BCUT2D eigenvalue weighted by Crippen LogP contribution is 2.31. The average Bonchev–Trinajstić information content (AvgIpc) is 2.60. The number of nitrogens with one attached hydrogen (secondary N) is 1.